The number of hydrogen-bond donors (Lipinski definition) is 0. The Morgan fingerprint density at radius 1 is 0.364 bits per heavy atom. The lowest BCUT2D eigenvalue weighted by molar-refractivity contribution is 0.670. The normalized spacial score (nSPS) is 11.6. The van der Waals surface area contributed by atoms with E-state index in [0.717, 1.165) is 55.8 Å². The van der Waals surface area contributed by atoms with Crippen molar-refractivity contribution in [3.05, 3.63) is 206 Å². The average molecular weight is 703 g/mol. The third-order valence-electron chi connectivity index (χ3n) is 11.0. The Morgan fingerprint density at radius 2 is 0.982 bits per heavy atom. The van der Waals surface area contributed by atoms with Crippen molar-refractivity contribution >= 4 is 71.6 Å². The topological polar surface area (TPSA) is 21.3 Å². The molecule has 0 saturated heterocycles. The van der Waals surface area contributed by atoms with Crippen LogP contribution in [-0.4, -0.2) is 4.57 Å². The van der Waals surface area contributed by atoms with Crippen molar-refractivity contribution in [2.75, 3.05) is 4.90 Å². The molecule has 0 unspecified atom stereocenters. The molecule has 0 fully saturated rings. The summed E-state index contributed by atoms with van der Waals surface area (Å²) in [6.45, 7) is 0. The Labute approximate surface area is 318 Å². The number of rotatable bonds is 6. The summed E-state index contributed by atoms with van der Waals surface area (Å²) in [7, 11) is 0. The van der Waals surface area contributed by atoms with Crippen molar-refractivity contribution in [1.29, 1.82) is 0 Å². The summed E-state index contributed by atoms with van der Waals surface area (Å²) < 4.78 is 9.11. The second-order valence-corrected chi connectivity index (χ2v) is 14.1. The van der Waals surface area contributed by atoms with Crippen LogP contribution in [0.4, 0.5) is 17.1 Å². The minimum atomic E-state index is 0.875. The fourth-order valence-electron chi connectivity index (χ4n) is 8.46. The summed E-state index contributed by atoms with van der Waals surface area (Å²) in [5, 5.41) is 7.16. The maximum absolute atomic E-state index is 6.73. The molecule has 2 aromatic heterocycles. The number of nitrogens with zero attached hydrogens (tertiary/aromatic N) is 2. The molecule has 0 bridgehead atoms. The Balaban J connectivity index is 1.12. The largest absolute Gasteiger partial charge is 0.455 e. The van der Waals surface area contributed by atoms with E-state index in [0.29, 0.717) is 0 Å². The molecule has 0 N–H and O–H groups in total. The van der Waals surface area contributed by atoms with Crippen LogP contribution in [-0.2, 0) is 0 Å². The summed E-state index contributed by atoms with van der Waals surface area (Å²) in [6, 6.07) is 73.9. The first-order chi connectivity index (χ1) is 27.3. The van der Waals surface area contributed by atoms with E-state index in [1.807, 2.05) is 6.07 Å². The minimum absolute atomic E-state index is 0.875. The van der Waals surface area contributed by atoms with Crippen LogP contribution in [0.5, 0.6) is 0 Å². The van der Waals surface area contributed by atoms with Gasteiger partial charge in [-0.1, -0.05) is 140 Å². The molecule has 11 rings (SSSR count). The van der Waals surface area contributed by atoms with Gasteiger partial charge in [0, 0.05) is 49.9 Å². The van der Waals surface area contributed by atoms with Gasteiger partial charge in [-0.15, -0.1) is 0 Å². The Kier molecular flexibility index (Phi) is 7.17. The zero-order valence-corrected chi connectivity index (χ0v) is 29.9. The lowest BCUT2D eigenvalue weighted by Crippen LogP contribution is -2.10. The van der Waals surface area contributed by atoms with Crippen molar-refractivity contribution < 1.29 is 4.42 Å². The van der Waals surface area contributed by atoms with Gasteiger partial charge in [0.25, 0.3) is 0 Å². The van der Waals surface area contributed by atoms with Crippen molar-refractivity contribution in [3.8, 4) is 27.9 Å². The first-order valence-electron chi connectivity index (χ1n) is 18.8. The molecule has 0 saturated carbocycles. The summed E-state index contributed by atoms with van der Waals surface area (Å²) in [5.74, 6) is 0. The molecule has 55 heavy (non-hydrogen) atoms. The molecule has 2 heterocycles. The van der Waals surface area contributed by atoms with Gasteiger partial charge in [0.2, 0.25) is 0 Å². The van der Waals surface area contributed by atoms with E-state index in [4.69, 9.17) is 4.42 Å². The van der Waals surface area contributed by atoms with Gasteiger partial charge in [-0.3, -0.25) is 0 Å². The maximum atomic E-state index is 6.73. The number of para-hydroxylation sites is 4. The highest BCUT2D eigenvalue weighted by molar-refractivity contribution is 6.12. The molecule has 0 spiro atoms. The minimum Gasteiger partial charge on any atom is -0.455 e. The highest BCUT2D eigenvalue weighted by Gasteiger charge is 2.21. The van der Waals surface area contributed by atoms with E-state index in [-0.39, 0.29) is 0 Å². The molecule has 3 heteroatoms. The summed E-state index contributed by atoms with van der Waals surface area (Å²) >= 11 is 0. The van der Waals surface area contributed by atoms with E-state index >= 15 is 0 Å². The van der Waals surface area contributed by atoms with E-state index < -0.39 is 0 Å². The Morgan fingerprint density at radius 3 is 1.76 bits per heavy atom. The highest BCUT2D eigenvalue weighted by Crippen LogP contribution is 2.44. The van der Waals surface area contributed by atoms with E-state index in [1.54, 1.807) is 0 Å². The van der Waals surface area contributed by atoms with Crippen molar-refractivity contribution in [1.82, 2.24) is 4.57 Å². The standard InChI is InChI=1S/C52H34N2O/c1-2-17-38(18-3-1)53(39-30-28-36(29-31-39)43-24-13-15-35-14-4-5-20-42(35)43)41-33-47(52-48(34-41)46-23-8-11-27-51(46)55-52)37-16-12-19-40(32-37)54-49-25-9-6-21-44(49)45-22-7-10-26-50(45)54/h1-34H. The molecule has 3 nitrogen and oxygen atoms in total. The molecule has 0 aliphatic heterocycles. The fourth-order valence-corrected chi connectivity index (χ4v) is 8.46. The van der Waals surface area contributed by atoms with Crippen LogP contribution >= 0.6 is 0 Å². The number of benzene rings is 9. The second kappa shape index (κ2) is 12.6. The quantitative estimate of drug-likeness (QED) is 0.172. The van der Waals surface area contributed by atoms with Crippen molar-refractivity contribution in [3.63, 3.8) is 0 Å². The van der Waals surface area contributed by atoms with Gasteiger partial charge < -0.3 is 13.9 Å². The molecule has 0 atom stereocenters. The van der Waals surface area contributed by atoms with Crippen molar-refractivity contribution in [2.45, 2.75) is 0 Å². The zero-order chi connectivity index (χ0) is 36.3. The van der Waals surface area contributed by atoms with Crippen LogP contribution in [0.25, 0.3) is 82.5 Å². The summed E-state index contributed by atoms with van der Waals surface area (Å²) in [4.78, 5) is 2.36. The molecule has 0 radical (unpaired) electrons. The van der Waals surface area contributed by atoms with E-state index in [2.05, 4.69) is 210 Å². The van der Waals surface area contributed by atoms with Crippen LogP contribution in [0, 0.1) is 0 Å². The predicted octanol–water partition coefficient (Wildman–Crippen LogP) is 14.6. The molecule has 258 valence electrons. The monoisotopic (exact) mass is 702 g/mol. The first kappa shape index (κ1) is 31.2. The Hall–Kier alpha value is -7.36. The zero-order valence-electron chi connectivity index (χ0n) is 29.9. The summed E-state index contributed by atoms with van der Waals surface area (Å²) in [6.07, 6.45) is 0. The number of hydrogen-bond acceptors (Lipinski definition) is 2. The van der Waals surface area contributed by atoms with Gasteiger partial charge >= 0.3 is 0 Å². The van der Waals surface area contributed by atoms with Gasteiger partial charge in [0.1, 0.15) is 11.2 Å². The van der Waals surface area contributed by atoms with Crippen LogP contribution in [0.1, 0.15) is 0 Å². The number of aromatic nitrogens is 1. The second-order valence-electron chi connectivity index (χ2n) is 14.1. The highest BCUT2D eigenvalue weighted by atomic mass is 16.3. The predicted molar refractivity (Wildman–Crippen MR) is 231 cm³/mol. The molecular formula is C52H34N2O. The number of fused-ring (bicyclic) bond motifs is 7. The fraction of sp³-hybridized carbons (Fsp3) is 0. The van der Waals surface area contributed by atoms with Gasteiger partial charge in [-0.2, -0.15) is 0 Å². The van der Waals surface area contributed by atoms with Crippen LogP contribution in [0.2, 0.25) is 0 Å². The molecule has 0 aliphatic carbocycles. The average Bonchev–Trinajstić information content (AvgIpc) is 3.80. The molecule has 9 aromatic carbocycles. The molecule has 0 aliphatic rings. The first-order valence-corrected chi connectivity index (χ1v) is 18.8. The lowest BCUT2D eigenvalue weighted by Gasteiger charge is -2.26. The van der Waals surface area contributed by atoms with Gasteiger partial charge in [0.05, 0.1) is 11.0 Å². The smallest absolute Gasteiger partial charge is 0.143 e. The molecular weight excluding hydrogens is 669 g/mol. The van der Waals surface area contributed by atoms with Gasteiger partial charge in [-0.25, -0.2) is 0 Å². The third kappa shape index (κ3) is 5.13. The van der Waals surface area contributed by atoms with Gasteiger partial charge in [0.15, 0.2) is 0 Å². The SMILES string of the molecule is c1ccc(N(c2ccc(-c3cccc4ccccc34)cc2)c2cc(-c3cccc(-n4c5ccccc5c5ccccc54)c3)c3oc4ccccc4c3c2)cc1. The van der Waals surface area contributed by atoms with Crippen LogP contribution in [0.15, 0.2) is 211 Å². The van der Waals surface area contributed by atoms with E-state index in [9.17, 15) is 0 Å². The summed E-state index contributed by atoms with van der Waals surface area (Å²) in [5.41, 5.74) is 13.0. The van der Waals surface area contributed by atoms with Crippen molar-refractivity contribution in [2.24, 2.45) is 0 Å². The van der Waals surface area contributed by atoms with Crippen LogP contribution in [0.3, 0.4) is 0 Å². The molecule has 11 aromatic rings. The maximum Gasteiger partial charge on any atom is 0.143 e. The number of anilines is 3. The lowest BCUT2D eigenvalue weighted by atomic mass is 9.97. The van der Waals surface area contributed by atoms with Gasteiger partial charge in [-0.05, 0) is 94.2 Å². The molecule has 0 amide bonds. The Bertz CT molecular complexity index is 3150. The third-order valence-corrected chi connectivity index (χ3v) is 11.0. The number of furan rings is 1. The van der Waals surface area contributed by atoms with E-state index in [1.165, 1.54) is 43.7 Å². The van der Waals surface area contributed by atoms with Crippen LogP contribution < -0.4 is 4.90 Å².